The van der Waals surface area contributed by atoms with Crippen LogP contribution in [0.5, 0.6) is 0 Å². The lowest BCUT2D eigenvalue weighted by Gasteiger charge is -2.32. The molecule has 3 aromatic rings. The highest BCUT2D eigenvalue weighted by Gasteiger charge is 2.26. The van der Waals surface area contributed by atoms with Crippen molar-refractivity contribution in [2.24, 2.45) is 0 Å². The molecule has 1 saturated carbocycles. The lowest BCUT2D eigenvalue weighted by Crippen LogP contribution is -2.44. The Morgan fingerprint density at radius 1 is 1.03 bits per heavy atom. The predicted octanol–water partition coefficient (Wildman–Crippen LogP) is 4.48. The molecular formula is C29H34N2O4. The molecule has 6 nitrogen and oxygen atoms in total. The fourth-order valence-electron chi connectivity index (χ4n) is 5.18. The fraction of sp³-hybridized carbons (Fsp3) is 0.379. The van der Waals surface area contributed by atoms with E-state index in [-0.39, 0.29) is 6.04 Å². The Morgan fingerprint density at radius 2 is 1.77 bits per heavy atom. The SMILES string of the molecule is COC(=O)[C@@H](CO)NC(=O)c1ccc([C@H]2CCC[C@H](N[C@H](C)c3cccc4ccccc34)C2)cc1. The van der Waals surface area contributed by atoms with Crippen LogP contribution in [-0.2, 0) is 9.53 Å². The van der Waals surface area contributed by atoms with Crippen LogP contribution in [-0.4, -0.2) is 42.8 Å². The number of fused-ring (bicyclic) bond motifs is 1. The Kier molecular flexibility index (Phi) is 8.16. The van der Waals surface area contributed by atoms with Gasteiger partial charge in [-0.2, -0.15) is 0 Å². The minimum Gasteiger partial charge on any atom is -0.467 e. The Bertz CT molecular complexity index is 1160. The van der Waals surface area contributed by atoms with Crippen LogP contribution in [0.4, 0.5) is 0 Å². The summed E-state index contributed by atoms with van der Waals surface area (Å²) in [6.07, 6.45) is 4.49. The number of aliphatic hydroxyl groups is 1. The number of esters is 1. The van der Waals surface area contributed by atoms with Gasteiger partial charge in [-0.1, -0.05) is 61.0 Å². The van der Waals surface area contributed by atoms with Crippen LogP contribution in [0.15, 0.2) is 66.7 Å². The monoisotopic (exact) mass is 474 g/mol. The zero-order chi connectivity index (χ0) is 24.8. The van der Waals surface area contributed by atoms with Gasteiger partial charge in [0.15, 0.2) is 6.04 Å². The van der Waals surface area contributed by atoms with E-state index in [1.165, 1.54) is 29.0 Å². The second kappa shape index (κ2) is 11.5. The Labute approximate surface area is 206 Å². The van der Waals surface area contributed by atoms with Gasteiger partial charge in [-0.15, -0.1) is 0 Å². The molecule has 184 valence electrons. The van der Waals surface area contributed by atoms with Gasteiger partial charge in [-0.05, 0) is 66.1 Å². The van der Waals surface area contributed by atoms with E-state index in [4.69, 9.17) is 0 Å². The molecule has 0 bridgehead atoms. The molecule has 4 atom stereocenters. The van der Waals surface area contributed by atoms with E-state index in [0.29, 0.717) is 17.5 Å². The van der Waals surface area contributed by atoms with E-state index in [9.17, 15) is 14.7 Å². The highest BCUT2D eigenvalue weighted by atomic mass is 16.5. The molecule has 35 heavy (non-hydrogen) atoms. The first kappa shape index (κ1) is 24.9. The predicted molar refractivity (Wildman–Crippen MR) is 137 cm³/mol. The molecule has 1 fully saturated rings. The third kappa shape index (κ3) is 5.89. The van der Waals surface area contributed by atoms with Crippen LogP contribution in [0.25, 0.3) is 10.8 Å². The maximum Gasteiger partial charge on any atom is 0.330 e. The summed E-state index contributed by atoms with van der Waals surface area (Å²) < 4.78 is 4.61. The van der Waals surface area contributed by atoms with Crippen molar-refractivity contribution in [2.45, 2.75) is 56.7 Å². The van der Waals surface area contributed by atoms with Crippen LogP contribution >= 0.6 is 0 Å². The van der Waals surface area contributed by atoms with E-state index in [2.05, 4.69) is 64.8 Å². The third-order valence-corrected chi connectivity index (χ3v) is 7.07. The Morgan fingerprint density at radius 3 is 2.51 bits per heavy atom. The summed E-state index contributed by atoms with van der Waals surface area (Å²) in [4.78, 5) is 24.1. The van der Waals surface area contributed by atoms with Crippen molar-refractivity contribution in [3.8, 4) is 0 Å². The summed E-state index contributed by atoms with van der Waals surface area (Å²) in [6, 6.07) is 22.2. The van der Waals surface area contributed by atoms with E-state index in [0.717, 1.165) is 25.7 Å². The van der Waals surface area contributed by atoms with E-state index < -0.39 is 24.5 Å². The number of amides is 1. The van der Waals surface area contributed by atoms with Gasteiger partial charge in [0.25, 0.3) is 5.91 Å². The van der Waals surface area contributed by atoms with Crippen LogP contribution in [0, 0.1) is 0 Å². The molecule has 0 aliphatic heterocycles. The van der Waals surface area contributed by atoms with Crippen molar-refractivity contribution >= 4 is 22.6 Å². The average Bonchev–Trinajstić information content (AvgIpc) is 2.91. The lowest BCUT2D eigenvalue weighted by molar-refractivity contribution is -0.143. The third-order valence-electron chi connectivity index (χ3n) is 7.07. The van der Waals surface area contributed by atoms with Gasteiger partial charge < -0.3 is 20.5 Å². The Hall–Kier alpha value is -3.22. The molecule has 0 unspecified atom stereocenters. The smallest absolute Gasteiger partial charge is 0.330 e. The number of carbonyl (C=O) groups is 2. The molecule has 0 saturated heterocycles. The molecule has 3 N–H and O–H groups in total. The van der Waals surface area contributed by atoms with Crippen LogP contribution in [0.1, 0.15) is 66.1 Å². The minimum atomic E-state index is -1.07. The first-order valence-electron chi connectivity index (χ1n) is 12.3. The van der Waals surface area contributed by atoms with E-state index in [1.54, 1.807) is 12.1 Å². The van der Waals surface area contributed by atoms with Crippen molar-refractivity contribution in [3.63, 3.8) is 0 Å². The van der Waals surface area contributed by atoms with Crippen LogP contribution in [0.3, 0.4) is 0 Å². The first-order chi connectivity index (χ1) is 17.0. The van der Waals surface area contributed by atoms with Crippen molar-refractivity contribution in [3.05, 3.63) is 83.4 Å². The zero-order valence-electron chi connectivity index (χ0n) is 20.4. The summed E-state index contributed by atoms with van der Waals surface area (Å²) >= 11 is 0. The van der Waals surface area contributed by atoms with Crippen molar-refractivity contribution < 1.29 is 19.4 Å². The fourth-order valence-corrected chi connectivity index (χ4v) is 5.18. The molecule has 4 rings (SSSR count). The summed E-state index contributed by atoms with van der Waals surface area (Å²) in [5.41, 5.74) is 3.00. The Balaban J connectivity index is 1.39. The average molecular weight is 475 g/mol. The summed E-state index contributed by atoms with van der Waals surface area (Å²) in [7, 11) is 1.22. The lowest BCUT2D eigenvalue weighted by atomic mass is 9.80. The zero-order valence-corrected chi connectivity index (χ0v) is 20.4. The highest BCUT2D eigenvalue weighted by molar-refractivity contribution is 5.96. The van der Waals surface area contributed by atoms with Crippen molar-refractivity contribution in [1.82, 2.24) is 10.6 Å². The molecule has 3 aromatic carbocycles. The quantitative estimate of drug-likeness (QED) is 0.419. The molecule has 1 aliphatic rings. The van der Waals surface area contributed by atoms with Crippen LogP contribution < -0.4 is 10.6 Å². The number of ether oxygens (including phenoxy) is 1. The number of hydrogen-bond donors (Lipinski definition) is 3. The van der Waals surface area contributed by atoms with Crippen LogP contribution in [0.2, 0.25) is 0 Å². The first-order valence-corrected chi connectivity index (χ1v) is 12.3. The maximum absolute atomic E-state index is 12.5. The number of benzene rings is 3. The number of aliphatic hydroxyl groups excluding tert-OH is 1. The van der Waals surface area contributed by atoms with Crippen molar-refractivity contribution in [2.75, 3.05) is 13.7 Å². The maximum atomic E-state index is 12.5. The highest BCUT2D eigenvalue weighted by Crippen LogP contribution is 2.34. The molecule has 0 spiro atoms. The topological polar surface area (TPSA) is 87.7 Å². The van der Waals surface area contributed by atoms with E-state index in [1.807, 2.05) is 12.1 Å². The second-order valence-corrected chi connectivity index (χ2v) is 9.37. The van der Waals surface area contributed by atoms with Gasteiger partial charge >= 0.3 is 5.97 Å². The number of hydrogen-bond acceptors (Lipinski definition) is 5. The molecule has 6 heteroatoms. The minimum absolute atomic E-state index is 0.255. The second-order valence-electron chi connectivity index (χ2n) is 9.37. The number of carbonyl (C=O) groups excluding carboxylic acids is 2. The van der Waals surface area contributed by atoms with E-state index >= 15 is 0 Å². The summed E-state index contributed by atoms with van der Waals surface area (Å²) in [5.74, 6) is -0.651. The molecule has 0 radical (unpaired) electrons. The van der Waals surface area contributed by atoms with Gasteiger partial charge in [0.1, 0.15) is 0 Å². The molecular weight excluding hydrogens is 440 g/mol. The van der Waals surface area contributed by atoms with Gasteiger partial charge in [0, 0.05) is 17.6 Å². The summed E-state index contributed by atoms with van der Waals surface area (Å²) in [5, 5.41) is 18.3. The normalized spacial score (nSPS) is 19.6. The number of rotatable bonds is 8. The standard InChI is InChI=1S/C29H34N2O4/c1-19(25-12-6-8-21-7-3-4-11-26(21)25)30-24-10-5-9-23(17-24)20-13-15-22(16-14-20)28(33)31-27(18-32)29(34)35-2/h3-4,6-8,11-16,19,23-24,27,30,32H,5,9-10,17-18H2,1-2H3,(H,31,33)/t19-,23+,24+,27-/m1/s1. The molecule has 0 aromatic heterocycles. The number of methoxy groups -OCH3 is 1. The molecule has 1 aliphatic carbocycles. The van der Waals surface area contributed by atoms with Gasteiger partial charge in [0.05, 0.1) is 13.7 Å². The largest absolute Gasteiger partial charge is 0.467 e. The molecule has 0 heterocycles. The van der Waals surface area contributed by atoms with Gasteiger partial charge in [0.2, 0.25) is 0 Å². The summed E-state index contributed by atoms with van der Waals surface area (Å²) in [6.45, 7) is 1.73. The number of nitrogens with one attached hydrogen (secondary N) is 2. The van der Waals surface area contributed by atoms with Crippen molar-refractivity contribution in [1.29, 1.82) is 0 Å². The van der Waals surface area contributed by atoms with Gasteiger partial charge in [-0.25, -0.2) is 4.79 Å². The van der Waals surface area contributed by atoms with Gasteiger partial charge in [-0.3, -0.25) is 4.79 Å². The molecule has 1 amide bonds.